The van der Waals surface area contributed by atoms with E-state index < -0.39 is 16.9 Å². The van der Waals surface area contributed by atoms with E-state index in [1.807, 2.05) is 25.0 Å². The number of thioether (sulfide) groups is 1. The molecule has 33 heavy (non-hydrogen) atoms. The maximum atomic E-state index is 13.2. The first kappa shape index (κ1) is 26.6. The highest BCUT2D eigenvalue weighted by molar-refractivity contribution is 7.98. The summed E-state index contributed by atoms with van der Waals surface area (Å²) < 4.78 is 0. The lowest BCUT2D eigenvalue weighted by molar-refractivity contribution is -0.384. The Hall–Kier alpha value is -2.66. The molecule has 1 fully saturated rings. The van der Waals surface area contributed by atoms with Gasteiger partial charge in [-0.2, -0.15) is 11.8 Å². The van der Waals surface area contributed by atoms with Crippen LogP contribution in [0.2, 0.25) is 0 Å². The zero-order valence-electron chi connectivity index (χ0n) is 19.5. The lowest BCUT2D eigenvalue weighted by Crippen LogP contribution is -2.56. The number of likely N-dealkylation sites (N-methyl/N-ethyl adjacent to an activating group) is 1. The Bertz CT molecular complexity index is 840. The number of carbonyl (C=O) groups excluding carboxylic acids is 3. The third kappa shape index (κ3) is 7.71. The van der Waals surface area contributed by atoms with Crippen molar-refractivity contribution in [3.05, 3.63) is 39.9 Å². The fraction of sp³-hybridized carbons (Fsp3) is 0.591. The molecule has 1 unspecified atom stereocenters. The van der Waals surface area contributed by atoms with Crippen LogP contribution in [-0.4, -0.2) is 101 Å². The molecule has 0 aliphatic carbocycles. The Balaban J connectivity index is 1.99. The number of nitrogens with zero attached hydrogens (tertiary/aromatic N) is 4. The van der Waals surface area contributed by atoms with Gasteiger partial charge in [0.1, 0.15) is 6.04 Å². The number of carbonyl (C=O) groups is 3. The zero-order chi connectivity index (χ0) is 24.4. The van der Waals surface area contributed by atoms with Crippen molar-refractivity contribution >= 4 is 35.2 Å². The quantitative estimate of drug-likeness (QED) is 0.377. The van der Waals surface area contributed by atoms with Gasteiger partial charge >= 0.3 is 0 Å². The Morgan fingerprint density at radius 1 is 1.18 bits per heavy atom. The summed E-state index contributed by atoms with van der Waals surface area (Å²) in [7, 11) is 0. The summed E-state index contributed by atoms with van der Waals surface area (Å²) in [5, 5.41) is 13.8. The summed E-state index contributed by atoms with van der Waals surface area (Å²) in [4.78, 5) is 54.2. The van der Waals surface area contributed by atoms with E-state index in [2.05, 4.69) is 5.32 Å². The number of amides is 3. The molecule has 0 radical (unpaired) electrons. The second-order valence-electron chi connectivity index (χ2n) is 7.78. The standard InChI is InChI=1S/C22H33N5O5S/c1-4-25(5-2)20(28)16-24-10-12-26(13-11-24)22(30)19(9-14-33-3)23-21(29)17-7-6-8-18(15-17)27(31)32/h6-8,15,19H,4-5,9-14,16H2,1-3H3,(H,23,29). The van der Waals surface area contributed by atoms with Crippen molar-refractivity contribution in [1.82, 2.24) is 20.0 Å². The van der Waals surface area contributed by atoms with Crippen LogP contribution >= 0.6 is 11.8 Å². The first-order valence-corrected chi connectivity index (χ1v) is 12.5. The summed E-state index contributed by atoms with van der Waals surface area (Å²) >= 11 is 1.58. The lowest BCUT2D eigenvalue weighted by Gasteiger charge is -2.37. The highest BCUT2D eigenvalue weighted by Gasteiger charge is 2.29. The Kier molecular flexibility index (Phi) is 10.6. The Morgan fingerprint density at radius 3 is 2.42 bits per heavy atom. The minimum absolute atomic E-state index is 0.0850. The molecule has 3 amide bonds. The number of nitro benzene ring substituents is 1. The van der Waals surface area contributed by atoms with Gasteiger partial charge in [0.25, 0.3) is 11.6 Å². The van der Waals surface area contributed by atoms with E-state index in [4.69, 9.17) is 0 Å². The number of rotatable bonds is 11. The molecule has 1 aromatic rings. The van der Waals surface area contributed by atoms with Gasteiger partial charge in [0, 0.05) is 57.0 Å². The average Bonchev–Trinajstić information content (AvgIpc) is 2.82. The van der Waals surface area contributed by atoms with E-state index in [-0.39, 0.29) is 23.1 Å². The molecule has 1 saturated heterocycles. The van der Waals surface area contributed by atoms with Crippen molar-refractivity contribution in [2.24, 2.45) is 0 Å². The highest BCUT2D eigenvalue weighted by Crippen LogP contribution is 2.14. The van der Waals surface area contributed by atoms with Crippen LogP contribution in [0, 0.1) is 10.1 Å². The van der Waals surface area contributed by atoms with Gasteiger partial charge in [-0.1, -0.05) is 6.07 Å². The van der Waals surface area contributed by atoms with Gasteiger partial charge in [-0.25, -0.2) is 0 Å². The molecule has 0 spiro atoms. The summed E-state index contributed by atoms with van der Waals surface area (Å²) in [5.41, 5.74) is -0.0316. The minimum atomic E-state index is -0.715. The molecule has 10 nitrogen and oxygen atoms in total. The van der Waals surface area contributed by atoms with Gasteiger partial charge in [0.05, 0.1) is 11.5 Å². The molecule has 1 aromatic carbocycles. The number of piperazine rings is 1. The summed E-state index contributed by atoms with van der Waals surface area (Å²) in [5.74, 6) is 0.0882. The molecule has 1 N–H and O–H groups in total. The van der Waals surface area contributed by atoms with E-state index in [9.17, 15) is 24.5 Å². The number of benzene rings is 1. The largest absolute Gasteiger partial charge is 0.342 e. The van der Waals surface area contributed by atoms with E-state index in [1.165, 1.54) is 24.3 Å². The van der Waals surface area contributed by atoms with Crippen LogP contribution in [0.15, 0.2) is 24.3 Å². The molecule has 2 rings (SSSR count). The number of non-ortho nitro benzene ring substituents is 1. The topological polar surface area (TPSA) is 116 Å². The Labute approximate surface area is 198 Å². The minimum Gasteiger partial charge on any atom is -0.342 e. The molecule has 1 aliphatic rings. The maximum absolute atomic E-state index is 13.2. The molecular formula is C22H33N5O5S. The third-order valence-electron chi connectivity index (χ3n) is 5.69. The molecule has 0 aromatic heterocycles. The normalized spacial score (nSPS) is 15.1. The average molecular weight is 480 g/mol. The number of nitro groups is 1. The molecule has 182 valence electrons. The van der Waals surface area contributed by atoms with Crippen molar-refractivity contribution in [3.63, 3.8) is 0 Å². The summed E-state index contributed by atoms with van der Waals surface area (Å²) in [6, 6.07) is 4.75. The SMILES string of the molecule is CCN(CC)C(=O)CN1CCN(C(=O)C(CCSC)NC(=O)c2cccc([N+](=O)[O-])c2)CC1. The summed E-state index contributed by atoms with van der Waals surface area (Å²) in [6.45, 7) is 7.73. The second kappa shape index (κ2) is 13.1. The van der Waals surface area contributed by atoms with Gasteiger partial charge in [-0.05, 0) is 38.3 Å². The van der Waals surface area contributed by atoms with Crippen molar-refractivity contribution in [1.29, 1.82) is 0 Å². The van der Waals surface area contributed by atoms with Crippen LogP contribution in [0.5, 0.6) is 0 Å². The van der Waals surface area contributed by atoms with E-state index in [0.29, 0.717) is 58.0 Å². The monoisotopic (exact) mass is 479 g/mol. The lowest BCUT2D eigenvalue weighted by atomic mass is 10.1. The molecule has 11 heteroatoms. The zero-order valence-corrected chi connectivity index (χ0v) is 20.3. The second-order valence-corrected chi connectivity index (χ2v) is 8.77. The molecule has 1 aliphatic heterocycles. The van der Waals surface area contributed by atoms with Crippen molar-refractivity contribution in [2.75, 3.05) is 57.8 Å². The molecule has 1 heterocycles. The Morgan fingerprint density at radius 2 is 1.85 bits per heavy atom. The number of hydrogen-bond donors (Lipinski definition) is 1. The van der Waals surface area contributed by atoms with Crippen LogP contribution in [0.1, 0.15) is 30.6 Å². The number of hydrogen-bond acceptors (Lipinski definition) is 7. The number of nitrogens with one attached hydrogen (secondary N) is 1. The summed E-state index contributed by atoms with van der Waals surface area (Å²) in [6.07, 6.45) is 2.39. The van der Waals surface area contributed by atoms with Crippen molar-refractivity contribution in [3.8, 4) is 0 Å². The van der Waals surface area contributed by atoms with Gasteiger partial charge < -0.3 is 15.1 Å². The predicted molar refractivity (Wildman–Crippen MR) is 128 cm³/mol. The van der Waals surface area contributed by atoms with Gasteiger partial charge in [-0.3, -0.25) is 29.4 Å². The highest BCUT2D eigenvalue weighted by atomic mass is 32.2. The van der Waals surface area contributed by atoms with Crippen LogP contribution in [0.4, 0.5) is 5.69 Å². The predicted octanol–water partition coefficient (Wildman–Crippen LogP) is 1.46. The van der Waals surface area contributed by atoms with Crippen LogP contribution in [0.25, 0.3) is 0 Å². The van der Waals surface area contributed by atoms with Crippen LogP contribution in [-0.2, 0) is 9.59 Å². The maximum Gasteiger partial charge on any atom is 0.270 e. The van der Waals surface area contributed by atoms with Gasteiger partial charge in [0.2, 0.25) is 11.8 Å². The van der Waals surface area contributed by atoms with E-state index in [1.54, 1.807) is 21.6 Å². The molecule has 0 saturated carbocycles. The van der Waals surface area contributed by atoms with E-state index >= 15 is 0 Å². The van der Waals surface area contributed by atoms with Crippen LogP contribution < -0.4 is 5.32 Å². The first-order chi connectivity index (χ1) is 15.8. The van der Waals surface area contributed by atoms with Crippen molar-refractivity contribution in [2.45, 2.75) is 26.3 Å². The first-order valence-electron chi connectivity index (χ1n) is 11.1. The van der Waals surface area contributed by atoms with E-state index in [0.717, 1.165) is 0 Å². The fourth-order valence-electron chi connectivity index (χ4n) is 3.71. The van der Waals surface area contributed by atoms with Crippen LogP contribution in [0.3, 0.4) is 0 Å². The van der Waals surface area contributed by atoms with Crippen molar-refractivity contribution < 1.29 is 19.3 Å². The molecule has 1 atom stereocenters. The molecule has 0 bridgehead atoms. The molecular weight excluding hydrogens is 446 g/mol. The van der Waals surface area contributed by atoms with Gasteiger partial charge in [0.15, 0.2) is 0 Å². The smallest absolute Gasteiger partial charge is 0.270 e. The third-order valence-corrected chi connectivity index (χ3v) is 6.34. The fourth-order valence-corrected chi connectivity index (χ4v) is 4.18. The van der Waals surface area contributed by atoms with Gasteiger partial charge in [-0.15, -0.1) is 0 Å².